The Kier molecular flexibility index (Phi) is 6.00. The fourth-order valence-electron chi connectivity index (χ4n) is 1.19. The van der Waals surface area contributed by atoms with Gasteiger partial charge in [-0.05, 0) is 18.6 Å². The summed E-state index contributed by atoms with van der Waals surface area (Å²) in [5, 5.41) is 3.14. The standard InChI is InChI=1S/C12H15NO2S2/c1-9-5-3-4-6-10(9)13-12(16)17-8-7-11(14)15-2/h3-6H,7-8H2,1-2H3,(H,13,16). The zero-order valence-corrected chi connectivity index (χ0v) is 11.5. The molecule has 0 aromatic heterocycles. The Labute approximate surface area is 111 Å². The summed E-state index contributed by atoms with van der Waals surface area (Å²) in [4.78, 5) is 10.9. The molecule has 0 radical (unpaired) electrons. The van der Waals surface area contributed by atoms with Crippen LogP contribution in [0.5, 0.6) is 0 Å². The molecule has 0 heterocycles. The van der Waals surface area contributed by atoms with Crippen molar-refractivity contribution in [2.45, 2.75) is 13.3 Å². The lowest BCUT2D eigenvalue weighted by Gasteiger charge is -2.09. The number of hydrogen-bond acceptors (Lipinski definition) is 4. The summed E-state index contributed by atoms with van der Waals surface area (Å²) < 4.78 is 5.22. The minimum atomic E-state index is -0.212. The van der Waals surface area contributed by atoms with E-state index in [0.29, 0.717) is 16.5 Å². The highest BCUT2D eigenvalue weighted by molar-refractivity contribution is 8.23. The number of esters is 1. The Morgan fingerprint density at radius 3 is 2.82 bits per heavy atom. The van der Waals surface area contributed by atoms with Crippen molar-refractivity contribution in [3.05, 3.63) is 29.8 Å². The van der Waals surface area contributed by atoms with Crippen molar-refractivity contribution >= 4 is 40.0 Å². The number of aryl methyl sites for hydroxylation is 1. The van der Waals surface area contributed by atoms with E-state index >= 15 is 0 Å². The molecular formula is C12H15NO2S2. The molecule has 0 saturated heterocycles. The van der Waals surface area contributed by atoms with E-state index in [9.17, 15) is 4.79 Å². The number of thiocarbonyl (C=S) groups is 1. The monoisotopic (exact) mass is 269 g/mol. The van der Waals surface area contributed by atoms with E-state index < -0.39 is 0 Å². The van der Waals surface area contributed by atoms with Crippen molar-refractivity contribution < 1.29 is 9.53 Å². The van der Waals surface area contributed by atoms with E-state index in [0.717, 1.165) is 11.3 Å². The summed E-state index contributed by atoms with van der Waals surface area (Å²) in [6.07, 6.45) is 0.372. The van der Waals surface area contributed by atoms with Crippen molar-refractivity contribution in [2.24, 2.45) is 0 Å². The van der Waals surface area contributed by atoms with Crippen LogP contribution in [0.1, 0.15) is 12.0 Å². The smallest absolute Gasteiger partial charge is 0.306 e. The highest BCUT2D eigenvalue weighted by Crippen LogP contribution is 2.16. The van der Waals surface area contributed by atoms with Gasteiger partial charge in [0.05, 0.1) is 13.5 Å². The Morgan fingerprint density at radius 1 is 1.47 bits per heavy atom. The molecule has 0 aliphatic heterocycles. The fraction of sp³-hybridized carbons (Fsp3) is 0.333. The van der Waals surface area contributed by atoms with Gasteiger partial charge in [-0.25, -0.2) is 0 Å². The third-order valence-corrected chi connectivity index (χ3v) is 3.38. The maximum atomic E-state index is 10.9. The molecule has 0 fully saturated rings. The first-order valence-corrected chi connectivity index (χ1v) is 6.59. The number of carbonyl (C=O) groups is 1. The first-order chi connectivity index (χ1) is 8.13. The molecule has 1 aromatic carbocycles. The van der Waals surface area contributed by atoms with Crippen molar-refractivity contribution in [2.75, 3.05) is 18.2 Å². The zero-order chi connectivity index (χ0) is 12.7. The number of ether oxygens (including phenoxy) is 1. The van der Waals surface area contributed by atoms with E-state index in [2.05, 4.69) is 10.1 Å². The Balaban J connectivity index is 2.35. The van der Waals surface area contributed by atoms with Gasteiger partial charge in [-0.3, -0.25) is 4.79 Å². The van der Waals surface area contributed by atoms with Crippen molar-refractivity contribution in [3.63, 3.8) is 0 Å². The van der Waals surface area contributed by atoms with Crippen molar-refractivity contribution in [3.8, 4) is 0 Å². The van der Waals surface area contributed by atoms with Gasteiger partial charge in [-0.15, -0.1) is 0 Å². The summed E-state index contributed by atoms with van der Waals surface area (Å²) in [5.74, 6) is 0.417. The van der Waals surface area contributed by atoms with Gasteiger partial charge in [-0.1, -0.05) is 42.2 Å². The first-order valence-electron chi connectivity index (χ1n) is 5.19. The van der Waals surface area contributed by atoms with Crippen LogP contribution in [0.4, 0.5) is 5.69 Å². The normalized spacial score (nSPS) is 9.76. The number of anilines is 1. The van der Waals surface area contributed by atoms with E-state index in [1.54, 1.807) is 0 Å². The van der Waals surface area contributed by atoms with Crippen LogP contribution in [-0.4, -0.2) is 23.2 Å². The molecule has 0 saturated carbocycles. The van der Waals surface area contributed by atoms with E-state index in [1.165, 1.54) is 18.9 Å². The molecular weight excluding hydrogens is 254 g/mol. The molecule has 0 unspecified atom stereocenters. The molecule has 1 N–H and O–H groups in total. The molecule has 0 spiro atoms. The summed E-state index contributed by atoms with van der Waals surface area (Å²) in [5.41, 5.74) is 2.14. The summed E-state index contributed by atoms with van der Waals surface area (Å²) in [6.45, 7) is 2.02. The minimum Gasteiger partial charge on any atom is -0.469 e. The van der Waals surface area contributed by atoms with Crippen LogP contribution < -0.4 is 5.32 Å². The molecule has 0 aliphatic rings. The van der Waals surface area contributed by atoms with Crippen LogP contribution in [0.25, 0.3) is 0 Å². The van der Waals surface area contributed by atoms with Crippen molar-refractivity contribution in [1.82, 2.24) is 0 Å². The second-order valence-corrected chi connectivity index (χ2v) is 5.17. The molecule has 17 heavy (non-hydrogen) atoms. The number of benzene rings is 1. The Hall–Kier alpha value is -1.07. The van der Waals surface area contributed by atoms with E-state index in [1.807, 2.05) is 31.2 Å². The molecule has 1 aromatic rings. The Bertz CT molecular complexity index is 407. The summed E-state index contributed by atoms with van der Waals surface area (Å²) in [6, 6.07) is 7.93. The lowest BCUT2D eigenvalue weighted by Crippen LogP contribution is -2.08. The van der Waals surface area contributed by atoms with Crippen LogP contribution in [0.2, 0.25) is 0 Å². The number of rotatable bonds is 4. The van der Waals surface area contributed by atoms with Gasteiger partial charge >= 0.3 is 5.97 Å². The van der Waals surface area contributed by atoms with Crippen LogP contribution in [0.15, 0.2) is 24.3 Å². The SMILES string of the molecule is COC(=O)CCSC(=S)Nc1ccccc1C. The third-order valence-electron chi connectivity index (χ3n) is 2.15. The van der Waals surface area contributed by atoms with Gasteiger partial charge in [0.15, 0.2) is 0 Å². The average Bonchev–Trinajstić information content (AvgIpc) is 2.32. The van der Waals surface area contributed by atoms with E-state index in [-0.39, 0.29) is 5.97 Å². The maximum Gasteiger partial charge on any atom is 0.306 e. The molecule has 0 amide bonds. The van der Waals surface area contributed by atoms with E-state index in [4.69, 9.17) is 12.2 Å². The number of para-hydroxylation sites is 1. The quantitative estimate of drug-likeness (QED) is 0.672. The lowest BCUT2D eigenvalue weighted by atomic mass is 10.2. The third kappa shape index (κ3) is 5.19. The van der Waals surface area contributed by atoms with Gasteiger partial charge in [0.1, 0.15) is 4.32 Å². The summed E-state index contributed by atoms with van der Waals surface area (Å²) in [7, 11) is 1.39. The predicted octanol–water partition coefficient (Wildman–Crippen LogP) is 2.99. The van der Waals surface area contributed by atoms with Gasteiger partial charge < -0.3 is 10.1 Å². The van der Waals surface area contributed by atoms with Gasteiger partial charge in [0, 0.05) is 11.4 Å². The molecule has 5 heteroatoms. The van der Waals surface area contributed by atoms with Gasteiger partial charge in [-0.2, -0.15) is 0 Å². The second-order valence-electron chi connectivity index (χ2n) is 3.40. The molecule has 3 nitrogen and oxygen atoms in total. The zero-order valence-electron chi connectivity index (χ0n) is 9.86. The first kappa shape index (κ1) is 14.0. The number of methoxy groups -OCH3 is 1. The van der Waals surface area contributed by atoms with Crippen LogP contribution in [-0.2, 0) is 9.53 Å². The number of nitrogens with one attached hydrogen (secondary N) is 1. The average molecular weight is 269 g/mol. The van der Waals surface area contributed by atoms with Gasteiger partial charge in [0.25, 0.3) is 0 Å². The van der Waals surface area contributed by atoms with Crippen LogP contribution in [0, 0.1) is 6.92 Å². The topological polar surface area (TPSA) is 38.3 Å². The van der Waals surface area contributed by atoms with Crippen molar-refractivity contribution in [1.29, 1.82) is 0 Å². The number of thioether (sulfide) groups is 1. The minimum absolute atomic E-state index is 0.212. The van der Waals surface area contributed by atoms with Gasteiger partial charge in [0.2, 0.25) is 0 Å². The fourth-order valence-corrected chi connectivity index (χ4v) is 2.18. The Morgan fingerprint density at radius 2 is 2.18 bits per heavy atom. The maximum absolute atomic E-state index is 10.9. The second kappa shape index (κ2) is 7.29. The van der Waals surface area contributed by atoms with Crippen LogP contribution in [0.3, 0.4) is 0 Å². The molecule has 0 aliphatic carbocycles. The highest BCUT2D eigenvalue weighted by atomic mass is 32.2. The largest absolute Gasteiger partial charge is 0.469 e. The number of hydrogen-bond donors (Lipinski definition) is 1. The molecule has 92 valence electrons. The lowest BCUT2D eigenvalue weighted by molar-refractivity contribution is -0.140. The molecule has 1 rings (SSSR count). The molecule has 0 atom stereocenters. The summed E-state index contributed by atoms with van der Waals surface area (Å²) >= 11 is 6.63. The van der Waals surface area contributed by atoms with Crippen LogP contribution >= 0.6 is 24.0 Å². The predicted molar refractivity (Wildman–Crippen MR) is 76.5 cm³/mol. The molecule has 0 bridgehead atoms. The highest BCUT2D eigenvalue weighted by Gasteiger charge is 2.04. The number of carbonyl (C=O) groups excluding carboxylic acids is 1.